The van der Waals surface area contributed by atoms with Crippen LogP contribution in [0.5, 0.6) is 0 Å². The highest BCUT2D eigenvalue weighted by Gasteiger charge is 2.15. The van der Waals surface area contributed by atoms with Crippen molar-refractivity contribution in [1.82, 2.24) is 10.2 Å². The zero-order valence-electron chi connectivity index (χ0n) is 10.9. The van der Waals surface area contributed by atoms with Gasteiger partial charge >= 0.3 is 0 Å². The van der Waals surface area contributed by atoms with Gasteiger partial charge in [-0.25, -0.2) is 0 Å². The Morgan fingerprint density at radius 3 is 2.94 bits per heavy atom. The summed E-state index contributed by atoms with van der Waals surface area (Å²) in [5.74, 6) is 0. The van der Waals surface area contributed by atoms with Gasteiger partial charge in [-0.1, -0.05) is 38.3 Å². The molecule has 1 atom stereocenters. The molecular weight excluding hydrogens is 212 g/mol. The molecule has 0 spiro atoms. The predicted molar refractivity (Wildman–Crippen MR) is 72.4 cm³/mol. The number of nitrogens with zero attached hydrogens (tertiary/aromatic N) is 1. The second kappa shape index (κ2) is 9.11. The third-order valence-electron chi connectivity index (χ3n) is 3.06. The van der Waals surface area contributed by atoms with Crippen molar-refractivity contribution >= 4 is 0 Å². The maximum Gasteiger partial charge on any atom is 0.102 e. The summed E-state index contributed by atoms with van der Waals surface area (Å²) in [7, 11) is 0. The van der Waals surface area contributed by atoms with E-state index in [1.165, 1.54) is 32.1 Å². The number of aliphatic hydroxyl groups is 1. The van der Waals surface area contributed by atoms with Crippen molar-refractivity contribution in [2.45, 2.75) is 51.6 Å². The van der Waals surface area contributed by atoms with E-state index in [-0.39, 0.29) is 6.61 Å². The lowest BCUT2D eigenvalue weighted by Crippen LogP contribution is -2.36. The minimum Gasteiger partial charge on any atom is -0.395 e. The first-order valence-electron chi connectivity index (χ1n) is 6.82. The van der Waals surface area contributed by atoms with Gasteiger partial charge in [0.05, 0.1) is 6.61 Å². The van der Waals surface area contributed by atoms with E-state index in [4.69, 9.17) is 5.11 Å². The number of hydrogen-bond acceptors (Lipinski definition) is 3. The van der Waals surface area contributed by atoms with Crippen LogP contribution >= 0.6 is 0 Å². The molecule has 0 aromatic carbocycles. The molecule has 0 bridgehead atoms. The van der Waals surface area contributed by atoms with Crippen molar-refractivity contribution in [2.75, 3.05) is 13.2 Å². The molecule has 1 aliphatic rings. The molecule has 3 nitrogen and oxygen atoms in total. The van der Waals surface area contributed by atoms with Crippen molar-refractivity contribution in [2.24, 2.45) is 0 Å². The summed E-state index contributed by atoms with van der Waals surface area (Å²) in [6.45, 7) is 3.16. The highest BCUT2D eigenvalue weighted by molar-refractivity contribution is 4.97. The molecule has 1 unspecified atom stereocenters. The van der Waals surface area contributed by atoms with Gasteiger partial charge in [0.25, 0.3) is 0 Å². The number of allylic oxidation sites excluding steroid dienone is 1. The standard InChI is InChI=1S/C14H26N2O/c1-2-3-4-5-6-7-8-9-14-15-10-11-16(14)12-13-17/h7-8,10-11,14-15,17H,2-6,9,12-13H2,1H3/b8-7+. The largest absolute Gasteiger partial charge is 0.395 e. The quantitative estimate of drug-likeness (QED) is 0.479. The summed E-state index contributed by atoms with van der Waals surface area (Å²) in [5, 5.41) is 12.2. The predicted octanol–water partition coefficient (Wildman–Crippen LogP) is 2.60. The van der Waals surface area contributed by atoms with Gasteiger partial charge in [0.2, 0.25) is 0 Å². The highest BCUT2D eigenvalue weighted by atomic mass is 16.3. The first-order chi connectivity index (χ1) is 8.38. The molecule has 98 valence electrons. The molecular formula is C14H26N2O. The van der Waals surface area contributed by atoms with E-state index >= 15 is 0 Å². The van der Waals surface area contributed by atoms with Crippen LogP contribution in [-0.4, -0.2) is 29.3 Å². The summed E-state index contributed by atoms with van der Waals surface area (Å²) in [6.07, 6.45) is 16.3. The van der Waals surface area contributed by atoms with Crippen molar-refractivity contribution in [3.05, 3.63) is 24.6 Å². The molecule has 2 N–H and O–H groups in total. The highest BCUT2D eigenvalue weighted by Crippen LogP contribution is 2.09. The lowest BCUT2D eigenvalue weighted by atomic mass is 10.1. The monoisotopic (exact) mass is 238 g/mol. The van der Waals surface area contributed by atoms with E-state index in [0.717, 1.165) is 6.42 Å². The lowest BCUT2D eigenvalue weighted by Gasteiger charge is -2.23. The molecule has 17 heavy (non-hydrogen) atoms. The molecule has 3 heteroatoms. The Kier molecular flexibility index (Phi) is 7.56. The van der Waals surface area contributed by atoms with Gasteiger partial charge < -0.3 is 15.3 Å². The number of rotatable bonds is 9. The lowest BCUT2D eigenvalue weighted by molar-refractivity contribution is 0.202. The average Bonchev–Trinajstić information content (AvgIpc) is 2.76. The molecule has 0 aromatic rings. The second-order valence-corrected chi connectivity index (χ2v) is 4.52. The summed E-state index contributed by atoms with van der Waals surface area (Å²) >= 11 is 0. The summed E-state index contributed by atoms with van der Waals surface area (Å²) in [4.78, 5) is 2.14. The van der Waals surface area contributed by atoms with Gasteiger partial charge in [0, 0.05) is 25.4 Å². The molecule has 0 amide bonds. The Morgan fingerprint density at radius 2 is 2.18 bits per heavy atom. The van der Waals surface area contributed by atoms with E-state index in [1.807, 2.05) is 12.4 Å². The third kappa shape index (κ3) is 5.78. The number of β-amino-alcohol motifs (C(OH)–C–C–N with tert-alkyl or cyclic N) is 1. The fraction of sp³-hybridized carbons (Fsp3) is 0.714. The van der Waals surface area contributed by atoms with Crippen LogP contribution < -0.4 is 5.32 Å². The van der Waals surface area contributed by atoms with Crippen LogP contribution in [-0.2, 0) is 0 Å². The molecule has 0 aromatic heterocycles. The van der Waals surface area contributed by atoms with E-state index in [2.05, 4.69) is 29.3 Å². The Morgan fingerprint density at radius 1 is 1.29 bits per heavy atom. The Hall–Kier alpha value is -0.960. The van der Waals surface area contributed by atoms with Gasteiger partial charge in [0.15, 0.2) is 0 Å². The molecule has 0 radical (unpaired) electrons. The van der Waals surface area contributed by atoms with Crippen LogP contribution in [0.15, 0.2) is 24.6 Å². The first kappa shape index (κ1) is 14.1. The molecule has 0 fully saturated rings. The van der Waals surface area contributed by atoms with Crippen LogP contribution in [0.4, 0.5) is 0 Å². The average molecular weight is 238 g/mol. The fourth-order valence-electron chi connectivity index (χ4n) is 2.03. The second-order valence-electron chi connectivity index (χ2n) is 4.52. The summed E-state index contributed by atoms with van der Waals surface area (Å²) in [5.41, 5.74) is 0. The number of aliphatic hydroxyl groups excluding tert-OH is 1. The molecule has 1 aliphatic heterocycles. The van der Waals surface area contributed by atoms with Gasteiger partial charge in [-0.15, -0.1) is 0 Å². The minimum atomic E-state index is 0.212. The number of nitrogens with one attached hydrogen (secondary N) is 1. The van der Waals surface area contributed by atoms with E-state index in [0.29, 0.717) is 12.7 Å². The SMILES string of the molecule is CCCCCC/C=C/CC1NC=CN1CCO. The van der Waals surface area contributed by atoms with Crippen LogP contribution in [0.25, 0.3) is 0 Å². The maximum atomic E-state index is 8.92. The Bertz CT molecular complexity index is 238. The van der Waals surface area contributed by atoms with Crippen LogP contribution in [0.1, 0.15) is 45.4 Å². The van der Waals surface area contributed by atoms with Crippen molar-refractivity contribution in [3.63, 3.8) is 0 Å². The van der Waals surface area contributed by atoms with E-state index < -0.39 is 0 Å². The van der Waals surface area contributed by atoms with E-state index in [9.17, 15) is 0 Å². The van der Waals surface area contributed by atoms with Crippen molar-refractivity contribution in [3.8, 4) is 0 Å². The molecule has 1 rings (SSSR count). The van der Waals surface area contributed by atoms with Gasteiger partial charge in [-0.2, -0.15) is 0 Å². The molecule has 1 heterocycles. The van der Waals surface area contributed by atoms with Crippen LogP contribution in [0.3, 0.4) is 0 Å². The van der Waals surface area contributed by atoms with Crippen molar-refractivity contribution < 1.29 is 5.11 Å². The zero-order valence-corrected chi connectivity index (χ0v) is 10.9. The topological polar surface area (TPSA) is 35.5 Å². The van der Waals surface area contributed by atoms with E-state index in [1.54, 1.807) is 0 Å². The van der Waals surface area contributed by atoms with Crippen molar-refractivity contribution in [1.29, 1.82) is 0 Å². The minimum absolute atomic E-state index is 0.212. The smallest absolute Gasteiger partial charge is 0.102 e. The molecule has 0 aliphatic carbocycles. The maximum absolute atomic E-state index is 8.92. The molecule has 0 saturated heterocycles. The fourth-order valence-corrected chi connectivity index (χ4v) is 2.03. The Labute approximate surface area is 105 Å². The summed E-state index contributed by atoms with van der Waals surface area (Å²) < 4.78 is 0. The van der Waals surface area contributed by atoms with Gasteiger partial charge in [-0.3, -0.25) is 0 Å². The summed E-state index contributed by atoms with van der Waals surface area (Å²) in [6, 6.07) is 0. The van der Waals surface area contributed by atoms with Gasteiger partial charge in [0.1, 0.15) is 6.17 Å². The Balaban J connectivity index is 2.07. The first-order valence-corrected chi connectivity index (χ1v) is 6.82. The molecule has 0 saturated carbocycles. The van der Waals surface area contributed by atoms with Crippen LogP contribution in [0, 0.1) is 0 Å². The van der Waals surface area contributed by atoms with Crippen LogP contribution in [0.2, 0.25) is 0 Å². The zero-order chi connectivity index (χ0) is 12.3. The van der Waals surface area contributed by atoms with Gasteiger partial charge in [-0.05, 0) is 12.8 Å². The third-order valence-corrected chi connectivity index (χ3v) is 3.06. The number of hydrogen-bond donors (Lipinski definition) is 2. The number of unbranched alkanes of at least 4 members (excludes halogenated alkanes) is 4. The normalized spacial score (nSPS) is 19.2.